The molecule has 11 heavy (non-hydrogen) atoms. The Morgan fingerprint density at radius 3 is 2.82 bits per heavy atom. The third-order valence-electron chi connectivity index (χ3n) is 1.46. The third-order valence-corrected chi connectivity index (χ3v) is 1.46. The van der Waals surface area contributed by atoms with Crippen LogP contribution in [-0.4, -0.2) is 24.1 Å². The summed E-state index contributed by atoms with van der Waals surface area (Å²) in [6, 6.07) is 0. The van der Waals surface area contributed by atoms with E-state index in [9.17, 15) is 4.79 Å². The zero-order chi connectivity index (χ0) is 8.27. The molecule has 0 aromatic rings. The van der Waals surface area contributed by atoms with Crippen LogP contribution in [0, 0.1) is 0 Å². The molecule has 0 unspecified atom stereocenters. The summed E-state index contributed by atoms with van der Waals surface area (Å²) in [6.07, 6.45) is 3.17. The molecule has 0 radical (unpaired) electrons. The van der Waals surface area contributed by atoms with E-state index in [4.69, 9.17) is 4.74 Å². The Morgan fingerprint density at radius 1 is 1.64 bits per heavy atom. The fourth-order valence-corrected chi connectivity index (χ4v) is 0.818. The van der Waals surface area contributed by atoms with Crippen LogP contribution < -0.4 is 0 Å². The van der Waals surface area contributed by atoms with Gasteiger partial charge in [0.1, 0.15) is 6.73 Å². The van der Waals surface area contributed by atoms with Crippen LogP contribution in [0.3, 0.4) is 0 Å². The zero-order valence-corrected chi connectivity index (χ0v) is 6.54. The average molecular weight is 153 g/mol. The molecule has 0 saturated heterocycles. The van der Waals surface area contributed by atoms with Gasteiger partial charge in [-0.1, -0.05) is 6.58 Å². The topological polar surface area (TPSA) is 29.5 Å². The molecule has 1 aliphatic rings. The summed E-state index contributed by atoms with van der Waals surface area (Å²) in [6.45, 7) is 6.48. The zero-order valence-electron chi connectivity index (χ0n) is 6.54. The van der Waals surface area contributed by atoms with E-state index in [1.165, 1.54) is 11.0 Å². The Labute approximate surface area is 65.9 Å². The van der Waals surface area contributed by atoms with Crippen LogP contribution in [0.4, 0.5) is 0 Å². The molecule has 0 N–H and O–H groups in total. The smallest absolute Gasteiger partial charge is 0.252 e. The molecular formula is C8H11NO2. The van der Waals surface area contributed by atoms with E-state index >= 15 is 0 Å². The number of hydrogen-bond acceptors (Lipinski definition) is 2. The van der Waals surface area contributed by atoms with Gasteiger partial charge in [-0.15, -0.1) is 0 Å². The highest BCUT2D eigenvalue weighted by Crippen LogP contribution is 2.11. The first-order valence-corrected chi connectivity index (χ1v) is 3.52. The molecular weight excluding hydrogens is 142 g/mol. The highest BCUT2D eigenvalue weighted by atomic mass is 16.5. The van der Waals surface area contributed by atoms with Crippen molar-refractivity contribution in [1.82, 2.24) is 4.90 Å². The van der Waals surface area contributed by atoms with E-state index in [2.05, 4.69) is 6.58 Å². The first kappa shape index (κ1) is 8.01. The molecule has 1 aliphatic heterocycles. The van der Waals surface area contributed by atoms with Crippen molar-refractivity contribution in [2.45, 2.75) is 6.92 Å². The maximum atomic E-state index is 11.0. The number of nitrogens with zero attached hydrogens (tertiary/aromatic N) is 1. The SMILES string of the molecule is C=C1C=CC(=O)N1COCC. The van der Waals surface area contributed by atoms with Crippen LogP contribution in [0.15, 0.2) is 24.4 Å². The highest BCUT2D eigenvalue weighted by molar-refractivity contribution is 5.92. The van der Waals surface area contributed by atoms with E-state index in [0.717, 1.165) is 0 Å². The molecule has 0 saturated carbocycles. The summed E-state index contributed by atoms with van der Waals surface area (Å²) in [4.78, 5) is 12.5. The summed E-state index contributed by atoms with van der Waals surface area (Å²) in [5.74, 6) is -0.0524. The van der Waals surface area contributed by atoms with E-state index in [1.54, 1.807) is 6.08 Å². The van der Waals surface area contributed by atoms with Crippen LogP contribution in [0.5, 0.6) is 0 Å². The number of rotatable bonds is 3. The van der Waals surface area contributed by atoms with Crippen LogP contribution in [0.25, 0.3) is 0 Å². The van der Waals surface area contributed by atoms with Gasteiger partial charge in [-0.2, -0.15) is 0 Å². The Bertz CT molecular complexity index is 190. The Morgan fingerprint density at radius 2 is 2.36 bits per heavy atom. The molecule has 0 atom stereocenters. The number of amides is 1. The van der Waals surface area contributed by atoms with E-state index in [0.29, 0.717) is 19.0 Å². The largest absolute Gasteiger partial charge is 0.361 e. The molecule has 3 heteroatoms. The number of carbonyl (C=O) groups excluding carboxylic acids is 1. The van der Waals surface area contributed by atoms with Gasteiger partial charge in [-0.05, 0) is 13.0 Å². The van der Waals surface area contributed by atoms with Gasteiger partial charge in [0.25, 0.3) is 5.91 Å². The summed E-state index contributed by atoms with van der Waals surface area (Å²) in [5, 5.41) is 0. The molecule has 0 aliphatic carbocycles. The van der Waals surface area contributed by atoms with Gasteiger partial charge in [-0.25, -0.2) is 0 Å². The average Bonchev–Trinajstić information content (AvgIpc) is 2.29. The number of hydrogen-bond donors (Lipinski definition) is 0. The second kappa shape index (κ2) is 3.34. The molecule has 3 nitrogen and oxygen atoms in total. The Kier molecular flexibility index (Phi) is 2.44. The molecule has 60 valence electrons. The van der Waals surface area contributed by atoms with Crippen molar-refractivity contribution in [3.05, 3.63) is 24.4 Å². The number of carbonyl (C=O) groups is 1. The number of ether oxygens (including phenoxy) is 1. The fourth-order valence-electron chi connectivity index (χ4n) is 0.818. The van der Waals surface area contributed by atoms with Gasteiger partial charge in [0.15, 0.2) is 0 Å². The van der Waals surface area contributed by atoms with Crippen molar-refractivity contribution in [3.63, 3.8) is 0 Å². The molecule has 0 aromatic heterocycles. The maximum absolute atomic E-state index is 11.0. The van der Waals surface area contributed by atoms with Gasteiger partial charge in [0.2, 0.25) is 0 Å². The normalized spacial score (nSPS) is 16.6. The lowest BCUT2D eigenvalue weighted by atomic mass is 10.5. The van der Waals surface area contributed by atoms with Gasteiger partial charge in [0, 0.05) is 18.4 Å². The van der Waals surface area contributed by atoms with Gasteiger partial charge < -0.3 is 4.74 Å². The maximum Gasteiger partial charge on any atom is 0.252 e. The standard InChI is InChI=1S/C8H11NO2/c1-3-11-6-9-7(2)4-5-8(9)10/h4-5H,2-3,6H2,1H3. The molecule has 1 heterocycles. The van der Waals surface area contributed by atoms with Crippen molar-refractivity contribution in [3.8, 4) is 0 Å². The monoisotopic (exact) mass is 153 g/mol. The lowest BCUT2D eigenvalue weighted by molar-refractivity contribution is -0.127. The van der Waals surface area contributed by atoms with Crippen LogP contribution in [-0.2, 0) is 9.53 Å². The van der Waals surface area contributed by atoms with Crippen LogP contribution in [0.1, 0.15) is 6.92 Å². The highest BCUT2D eigenvalue weighted by Gasteiger charge is 2.17. The third kappa shape index (κ3) is 1.68. The van der Waals surface area contributed by atoms with Crippen molar-refractivity contribution < 1.29 is 9.53 Å². The van der Waals surface area contributed by atoms with Crippen molar-refractivity contribution in [1.29, 1.82) is 0 Å². The predicted octanol–water partition coefficient (Wildman–Crippen LogP) is 0.892. The van der Waals surface area contributed by atoms with E-state index < -0.39 is 0 Å². The molecule has 0 aromatic carbocycles. The van der Waals surface area contributed by atoms with E-state index in [-0.39, 0.29) is 5.91 Å². The fraction of sp³-hybridized carbons (Fsp3) is 0.375. The minimum Gasteiger partial charge on any atom is -0.361 e. The summed E-state index contributed by atoms with van der Waals surface area (Å²) in [5.41, 5.74) is 0.698. The Balaban J connectivity index is 2.46. The first-order valence-electron chi connectivity index (χ1n) is 3.52. The van der Waals surface area contributed by atoms with Crippen LogP contribution in [0.2, 0.25) is 0 Å². The quantitative estimate of drug-likeness (QED) is 0.602. The summed E-state index contributed by atoms with van der Waals surface area (Å²) in [7, 11) is 0. The predicted molar refractivity (Wildman–Crippen MR) is 41.6 cm³/mol. The van der Waals surface area contributed by atoms with Gasteiger partial charge in [0.05, 0.1) is 0 Å². The van der Waals surface area contributed by atoms with Crippen molar-refractivity contribution in [2.75, 3.05) is 13.3 Å². The molecule has 0 spiro atoms. The second-order valence-electron chi connectivity index (χ2n) is 2.21. The van der Waals surface area contributed by atoms with Gasteiger partial charge >= 0.3 is 0 Å². The summed E-state index contributed by atoms with van der Waals surface area (Å²) >= 11 is 0. The lowest BCUT2D eigenvalue weighted by Gasteiger charge is -2.15. The Hall–Kier alpha value is -1.09. The summed E-state index contributed by atoms with van der Waals surface area (Å²) < 4.78 is 5.06. The second-order valence-corrected chi connectivity index (χ2v) is 2.21. The van der Waals surface area contributed by atoms with Crippen molar-refractivity contribution in [2.24, 2.45) is 0 Å². The van der Waals surface area contributed by atoms with Crippen molar-refractivity contribution >= 4 is 5.91 Å². The van der Waals surface area contributed by atoms with E-state index in [1.807, 2.05) is 6.92 Å². The molecule has 0 bridgehead atoms. The number of allylic oxidation sites excluding steroid dienone is 1. The molecule has 1 rings (SSSR count). The minimum absolute atomic E-state index is 0.0524. The molecule has 0 fully saturated rings. The first-order chi connectivity index (χ1) is 5.25. The lowest BCUT2D eigenvalue weighted by Crippen LogP contribution is -2.26. The minimum atomic E-state index is -0.0524. The van der Waals surface area contributed by atoms with Gasteiger partial charge in [-0.3, -0.25) is 9.69 Å². The molecule has 1 amide bonds. The van der Waals surface area contributed by atoms with Crippen LogP contribution >= 0.6 is 0 Å².